The number of hydrogen-bond acceptors (Lipinski definition) is 4. The van der Waals surface area contributed by atoms with Gasteiger partial charge in [0.05, 0.1) is 18.4 Å². The van der Waals surface area contributed by atoms with E-state index in [4.69, 9.17) is 17.3 Å². The molecular weight excluding hydrogens is 264 g/mol. The van der Waals surface area contributed by atoms with E-state index in [1.165, 1.54) is 12.4 Å². The largest absolute Gasteiger partial charge is 0.382 e. The Morgan fingerprint density at radius 2 is 1.95 bits per heavy atom. The van der Waals surface area contributed by atoms with Crippen molar-refractivity contribution in [2.45, 2.75) is 13.0 Å². The van der Waals surface area contributed by atoms with Gasteiger partial charge < -0.3 is 11.1 Å². The van der Waals surface area contributed by atoms with Gasteiger partial charge in [0.2, 0.25) is 0 Å². The summed E-state index contributed by atoms with van der Waals surface area (Å²) in [5.74, 6) is -0.0164. The van der Waals surface area contributed by atoms with Crippen LogP contribution in [-0.2, 0) is 0 Å². The van der Waals surface area contributed by atoms with E-state index in [-0.39, 0.29) is 23.5 Å². The van der Waals surface area contributed by atoms with Crippen LogP contribution in [-0.4, -0.2) is 15.9 Å². The van der Waals surface area contributed by atoms with E-state index in [1.54, 1.807) is 12.1 Å². The van der Waals surface area contributed by atoms with Crippen LogP contribution in [0.4, 0.5) is 5.82 Å². The number of benzene rings is 1. The maximum atomic E-state index is 11.9. The maximum Gasteiger partial charge on any atom is 0.271 e. The Bertz CT molecular complexity index is 568. The topological polar surface area (TPSA) is 80.9 Å². The van der Waals surface area contributed by atoms with Gasteiger partial charge in [-0.15, -0.1) is 0 Å². The highest BCUT2D eigenvalue weighted by Gasteiger charge is 2.12. The van der Waals surface area contributed by atoms with Gasteiger partial charge in [0.15, 0.2) is 0 Å². The number of carbonyl (C=O) groups excluding carboxylic acids is 1. The zero-order valence-electron chi connectivity index (χ0n) is 10.3. The number of nitrogen functional groups attached to an aromatic ring is 1. The quantitative estimate of drug-likeness (QED) is 0.900. The molecule has 19 heavy (non-hydrogen) atoms. The Kier molecular flexibility index (Phi) is 3.97. The summed E-state index contributed by atoms with van der Waals surface area (Å²) in [6.07, 6.45) is 2.70. The Hall–Kier alpha value is -2.14. The number of hydrogen-bond donors (Lipinski definition) is 2. The Labute approximate surface area is 115 Å². The Balaban J connectivity index is 2.06. The molecule has 1 amide bonds. The normalized spacial score (nSPS) is 11.9. The van der Waals surface area contributed by atoms with Crippen LogP contribution in [0.25, 0.3) is 0 Å². The molecule has 0 aliphatic carbocycles. The van der Waals surface area contributed by atoms with Gasteiger partial charge in [-0.25, -0.2) is 9.97 Å². The summed E-state index contributed by atoms with van der Waals surface area (Å²) in [5, 5.41) is 3.49. The van der Waals surface area contributed by atoms with E-state index in [1.807, 2.05) is 19.1 Å². The number of nitrogens with zero attached hydrogens (tertiary/aromatic N) is 2. The molecule has 1 heterocycles. The van der Waals surface area contributed by atoms with Crippen LogP contribution in [0, 0.1) is 0 Å². The number of nitrogens with one attached hydrogen (secondary N) is 1. The minimum Gasteiger partial charge on any atom is -0.382 e. The molecule has 0 bridgehead atoms. The second-order valence-corrected chi connectivity index (χ2v) is 4.51. The zero-order valence-corrected chi connectivity index (χ0v) is 11.1. The third kappa shape index (κ3) is 3.42. The average molecular weight is 277 g/mol. The molecule has 0 fully saturated rings. The Morgan fingerprint density at radius 3 is 2.53 bits per heavy atom. The lowest BCUT2D eigenvalue weighted by Crippen LogP contribution is -2.27. The number of rotatable bonds is 3. The molecule has 6 heteroatoms. The van der Waals surface area contributed by atoms with E-state index in [9.17, 15) is 4.79 Å². The van der Waals surface area contributed by atoms with Crippen LogP contribution >= 0.6 is 11.6 Å². The van der Waals surface area contributed by atoms with Crippen molar-refractivity contribution in [3.05, 3.63) is 52.9 Å². The standard InChI is InChI=1S/C13H13ClN4O/c1-8(9-2-4-10(14)5-3-9)18-13(19)11-6-17-12(15)7-16-11/h2-8H,1H3,(H2,15,17)(H,18,19). The molecule has 0 radical (unpaired) electrons. The highest BCUT2D eigenvalue weighted by atomic mass is 35.5. The van der Waals surface area contributed by atoms with Gasteiger partial charge in [0.1, 0.15) is 11.5 Å². The van der Waals surface area contributed by atoms with Gasteiger partial charge in [-0.1, -0.05) is 23.7 Å². The maximum absolute atomic E-state index is 11.9. The molecule has 2 rings (SSSR count). The summed E-state index contributed by atoms with van der Waals surface area (Å²) in [5.41, 5.74) is 6.61. The van der Waals surface area contributed by atoms with Crippen molar-refractivity contribution < 1.29 is 4.79 Å². The average Bonchev–Trinajstić information content (AvgIpc) is 2.40. The predicted octanol–water partition coefficient (Wildman–Crippen LogP) is 2.20. The lowest BCUT2D eigenvalue weighted by atomic mass is 10.1. The first-order chi connectivity index (χ1) is 9.06. The molecule has 1 atom stereocenters. The molecule has 1 aromatic heterocycles. The molecule has 5 nitrogen and oxygen atoms in total. The van der Waals surface area contributed by atoms with E-state index in [2.05, 4.69) is 15.3 Å². The van der Waals surface area contributed by atoms with Crippen LogP contribution in [0.1, 0.15) is 29.0 Å². The molecule has 98 valence electrons. The number of nitrogens with two attached hydrogens (primary N) is 1. The first-order valence-corrected chi connectivity index (χ1v) is 6.08. The second-order valence-electron chi connectivity index (χ2n) is 4.07. The third-order valence-corrected chi connectivity index (χ3v) is 2.87. The number of carbonyl (C=O) groups is 1. The lowest BCUT2D eigenvalue weighted by molar-refractivity contribution is 0.0934. The molecule has 3 N–H and O–H groups in total. The van der Waals surface area contributed by atoms with E-state index in [0.29, 0.717) is 5.02 Å². The van der Waals surface area contributed by atoms with Crippen molar-refractivity contribution in [3.63, 3.8) is 0 Å². The summed E-state index contributed by atoms with van der Waals surface area (Å²) < 4.78 is 0. The molecule has 1 unspecified atom stereocenters. The molecule has 0 saturated heterocycles. The summed E-state index contributed by atoms with van der Waals surface area (Å²) in [7, 11) is 0. The van der Waals surface area contributed by atoms with Gasteiger partial charge >= 0.3 is 0 Å². The van der Waals surface area contributed by atoms with Crippen molar-refractivity contribution in [1.29, 1.82) is 0 Å². The van der Waals surface area contributed by atoms with E-state index in [0.717, 1.165) is 5.56 Å². The van der Waals surface area contributed by atoms with Crippen molar-refractivity contribution in [3.8, 4) is 0 Å². The first-order valence-electron chi connectivity index (χ1n) is 5.70. The van der Waals surface area contributed by atoms with Gasteiger partial charge in [-0.2, -0.15) is 0 Å². The summed E-state index contributed by atoms with van der Waals surface area (Å²) in [6, 6.07) is 7.14. The van der Waals surface area contributed by atoms with Crippen molar-refractivity contribution >= 4 is 23.3 Å². The fraction of sp³-hybridized carbons (Fsp3) is 0.154. The van der Waals surface area contributed by atoms with Crippen LogP contribution in [0.5, 0.6) is 0 Å². The molecule has 2 aromatic rings. The number of amides is 1. The van der Waals surface area contributed by atoms with Gasteiger partial charge in [-0.3, -0.25) is 4.79 Å². The zero-order chi connectivity index (χ0) is 13.8. The van der Waals surface area contributed by atoms with Crippen LogP contribution in [0.15, 0.2) is 36.7 Å². The van der Waals surface area contributed by atoms with Gasteiger partial charge in [0, 0.05) is 5.02 Å². The lowest BCUT2D eigenvalue weighted by Gasteiger charge is -2.13. The summed E-state index contributed by atoms with van der Waals surface area (Å²) in [4.78, 5) is 19.7. The number of halogens is 1. The summed E-state index contributed by atoms with van der Waals surface area (Å²) in [6.45, 7) is 1.88. The van der Waals surface area contributed by atoms with Gasteiger partial charge in [0.25, 0.3) is 5.91 Å². The van der Waals surface area contributed by atoms with Crippen molar-refractivity contribution in [2.24, 2.45) is 0 Å². The van der Waals surface area contributed by atoms with Crippen molar-refractivity contribution in [2.75, 3.05) is 5.73 Å². The van der Waals surface area contributed by atoms with Crippen molar-refractivity contribution in [1.82, 2.24) is 15.3 Å². The van der Waals surface area contributed by atoms with E-state index < -0.39 is 0 Å². The van der Waals surface area contributed by atoms with Gasteiger partial charge in [-0.05, 0) is 24.6 Å². The SMILES string of the molecule is CC(NC(=O)c1cnc(N)cn1)c1ccc(Cl)cc1. The van der Waals surface area contributed by atoms with Crippen LogP contribution < -0.4 is 11.1 Å². The molecule has 0 aliphatic heterocycles. The predicted molar refractivity (Wildman–Crippen MR) is 73.8 cm³/mol. The molecule has 0 saturated carbocycles. The fourth-order valence-electron chi connectivity index (χ4n) is 1.56. The molecule has 0 spiro atoms. The molecule has 1 aromatic carbocycles. The van der Waals surface area contributed by atoms with Crippen LogP contribution in [0.3, 0.4) is 0 Å². The smallest absolute Gasteiger partial charge is 0.271 e. The fourth-order valence-corrected chi connectivity index (χ4v) is 1.69. The Morgan fingerprint density at radius 1 is 1.26 bits per heavy atom. The minimum absolute atomic E-state index is 0.149. The second kappa shape index (κ2) is 5.67. The monoisotopic (exact) mass is 276 g/mol. The number of anilines is 1. The highest BCUT2D eigenvalue weighted by Crippen LogP contribution is 2.16. The molecular formula is C13H13ClN4O. The van der Waals surface area contributed by atoms with Crippen LogP contribution in [0.2, 0.25) is 5.02 Å². The first kappa shape index (κ1) is 13.3. The third-order valence-electron chi connectivity index (χ3n) is 2.62. The van der Waals surface area contributed by atoms with E-state index >= 15 is 0 Å². The highest BCUT2D eigenvalue weighted by molar-refractivity contribution is 6.30. The summed E-state index contributed by atoms with van der Waals surface area (Å²) >= 11 is 5.82. The molecule has 0 aliphatic rings. The number of aromatic nitrogens is 2. The minimum atomic E-state index is -0.296.